The number of benzene rings is 14. The van der Waals surface area contributed by atoms with Crippen molar-refractivity contribution >= 4 is 34.1 Å². The summed E-state index contributed by atoms with van der Waals surface area (Å²) in [7, 11) is 0. The minimum Gasteiger partial charge on any atom is -0.851 e. The van der Waals surface area contributed by atoms with Gasteiger partial charge in [-0.3, -0.25) is 0 Å². The van der Waals surface area contributed by atoms with Gasteiger partial charge in [-0.25, -0.2) is 0 Å². The largest absolute Gasteiger partial charge is 0.851 e. The molecule has 1 fully saturated rings. The second kappa shape index (κ2) is 43.5. The molecular weight excluding hydrogens is 1660 g/mol. The van der Waals surface area contributed by atoms with E-state index in [9.17, 15) is 10.2 Å². The minimum absolute atomic E-state index is 0.206. The van der Waals surface area contributed by atoms with Crippen molar-refractivity contribution in [2.45, 2.75) is 135 Å². The third kappa shape index (κ3) is 22.1. The molecule has 0 atom stereocenters. The fraction of sp³-hybridized carbons (Fsp3) is 0.300. The van der Waals surface area contributed by atoms with Crippen LogP contribution in [0.4, 0.5) is 34.1 Å². The number of rotatable bonds is 40. The van der Waals surface area contributed by atoms with Crippen molar-refractivity contribution in [2.75, 3.05) is 62.7 Å². The van der Waals surface area contributed by atoms with E-state index in [1.165, 1.54) is 0 Å². The van der Waals surface area contributed by atoms with Crippen LogP contribution in [-0.4, -0.2) is 75.3 Å². The first kappa shape index (κ1) is 95.2. The molecule has 15 rings (SSSR count). The summed E-state index contributed by atoms with van der Waals surface area (Å²) < 4.78 is 53.6. The monoisotopic (exact) mass is 1790 g/mol. The Hall–Kier alpha value is -13.4. The van der Waals surface area contributed by atoms with Gasteiger partial charge in [0.1, 0.15) is 57.5 Å². The quantitative estimate of drug-likeness (QED) is 0.0372. The number of nitrogens with zero attached hydrogens (tertiary/aromatic N) is 2. The summed E-state index contributed by atoms with van der Waals surface area (Å²) in [6.45, 7) is 38.1. The van der Waals surface area contributed by atoms with Gasteiger partial charge in [-0.2, -0.15) is 0 Å². The molecule has 1 aliphatic carbocycles. The van der Waals surface area contributed by atoms with E-state index in [-0.39, 0.29) is 70.0 Å². The highest BCUT2D eigenvalue weighted by atomic mass is 16.5. The molecule has 0 radical (unpaired) electrons. The molecule has 0 amide bonds. The topological polar surface area (TPSA) is 167 Å². The molecule has 0 unspecified atom stereocenters. The van der Waals surface area contributed by atoms with Crippen LogP contribution in [0, 0.1) is 47.3 Å². The van der Waals surface area contributed by atoms with Crippen LogP contribution in [0.15, 0.2) is 303 Å². The van der Waals surface area contributed by atoms with Crippen molar-refractivity contribution in [1.82, 2.24) is 0 Å². The van der Waals surface area contributed by atoms with Crippen molar-refractivity contribution in [3.63, 3.8) is 0 Å². The number of phenolic OH excluding ortho intramolecular Hbond substituents is 2. The van der Waals surface area contributed by atoms with Crippen LogP contribution in [0.2, 0.25) is 0 Å². The molecule has 0 spiro atoms. The summed E-state index contributed by atoms with van der Waals surface area (Å²) in [5, 5.41) is 57.8. The lowest BCUT2D eigenvalue weighted by Crippen LogP contribution is -2.63. The Kier molecular flexibility index (Phi) is 30.9. The van der Waals surface area contributed by atoms with Crippen molar-refractivity contribution in [1.29, 1.82) is 0 Å². The van der Waals surface area contributed by atoms with Gasteiger partial charge in [-0.05, 0) is 224 Å². The Labute approximate surface area is 793 Å². The Bertz CT molecular complexity index is 5460. The summed E-state index contributed by atoms with van der Waals surface area (Å²) >= 11 is 0. The van der Waals surface area contributed by atoms with Gasteiger partial charge in [-0.15, -0.1) is 12.2 Å². The molecule has 14 nitrogen and oxygen atoms in total. The maximum absolute atomic E-state index is 15.8. The number of aromatic hydroxyl groups is 2. The van der Waals surface area contributed by atoms with Crippen molar-refractivity contribution < 1.29 is 58.3 Å². The van der Waals surface area contributed by atoms with Crippen molar-refractivity contribution in [3.8, 4) is 147 Å². The summed E-state index contributed by atoms with van der Waals surface area (Å²) in [4.78, 5) is 4.32. The maximum atomic E-state index is 15.8. The van der Waals surface area contributed by atoms with Crippen LogP contribution in [0.3, 0.4) is 0 Å². The zero-order chi connectivity index (χ0) is 94.4. The molecule has 0 heterocycles. The average Bonchev–Trinajstić information content (AvgIpc) is 0.724. The van der Waals surface area contributed by atoms with Gasteiger partial charge < -0.3 is 68.1 Å². The number of hydrogen-bond acceptors (Lipinski definition) is 14. The van der Waals surface area contributed by atoms with Crippen LogP contribution in [0.1, 0.15) is 134 Å². The molecular formula is C120H128N2O12-2. The lowest BCUT2D eigenvalue weighted by Gasteiger charge is -2.61. The molecule has 1 aliphatic rings. The lowest BCUT2D eigenvalue weighted by molar-refractivity contribution is -0.536. The maximum Gasteiger partial charge on any atom is 0.130 e. The molecule has 0 saturated heterocycles. The van der Waals surface area contributed by atoms with Crippen LogP contribution in [-0.2, 0) is 0 Å². The Morgan fingerprint density at radius 1 is 0.224 bits per heavy atom. The first-order valence-electron chi connectivity index (χ1n) is 47.7. The van der Waals surface area contributed by atoms with Crippen LogP contribution in [0.25, 0.3) is 89.0 Å². The third-order valence-electron chi connectivity index (χ3n) is 23.7. The molecule has 14 heteroatoms. The minimum atomic E-state index is -1.60. The highest BCUT2D eigenvalue weighted by molar-refractivity contribution is 6.00. The predicted molar refractivity (Wildman–Crippen MR) is 545 cm³/mol. The molecule has 0 aliphatic heterocycles. The van der Waals surface area contributed by atoms with Crippen LogP contribution >= 0.6 is 0 Å². The van der Waals surface area contributed by atoms with Crippen LogP contribution < -0.4 is 57.9 Å². The summed E-state index contributed by atoms with van der Waals surface area (Å²) in [6.07, 6.45) is -3.20. The summed E-state index contributed by atoms with van der Waals surface area (Å²) in [6, 6.07) is 101. The van der Waals surface area contributed by atoms with Crippen LogP contribution in [0.5, 0.6) is 57.5 Å². The lowest BCUT2D eigenvalue weighted by atomic mass is 9.63. The molecule has 14 aromatic rings. The van der Waals surface area contributed by atoms with Crippen molar-refractivity contribution in [2.24, 2.45) is 47.3 Å². The molecule has 692 valence electrons. The van der Waals surface area contributed by atoms with Gasteiger partial charge in [0, 0.05) is 45.8 Å². The Morgan fingerprint density at radius 2 is 0.418 bits per heavy atom. The van der Waals surface area contributed by atoms with Gasteiger partial charge in [0.25, 0.3) is 0 Å². The van der Waals surface area contributed by atoms with E-state index < -0.39 is 24.0 Å². The first-order chi connectivity index (χ1) is 64.7. The molecule has 0 bridgehead atoms. The SMILES string of the molecule is CC(C)COc1cccc(OCC(C)C)c1-c1ccc(N(c2ccc(C3C([O-])C(c4ccc(N(c5ccc(-c6c(OCC(C)C)cccc6OCC(C)C)cc5-c5ccccc5)c5ccc(-c6c(OCC(C)C)cccc6OCC(C)C)cc5-c5ccccc5)cc4O)C3[O-])c(O)c2)c2ccc(-c3c(OCC(C)C)cccc3OCC(C)C)cc2-c2ccccc2)c(-c2ccccc2)c1. The number of ether oxygens (including phenoxy) is 8. The summed E-state index contributed by atoms with van der Waals surface area (Å²) in [5.74, 6) is 4.57. The van der Waals surface area contributed by atoms with Gasteiger partial charge >= 0.3 is 0 Å². The van der Waals surface area contributed by atoms with E-state index >= 15 is 10.2 Å². The van der Waals surface area contributed by atoms with E-state index in [0.717, 1.165) is 112 Å². The molecule has 134 heavy (non-hydrogen) atoms. The molecule has 1 saturated carbocycles. The van der Waals surface area contributed by atoms with E-state index in [0.29, 0.717) is 110 Å². The summed E-state index contributed by atoms with van der Waals surface area (Å²) in [5.41, 5.74) is 18.2. The third-order valence-corrected chi connectivity index (χ3v) is 23.7. The highest BCUT2D eigenvalue weighted by Gasteiger charge is 2.42. The second-order valence-electron chi connectivity index (χ2n) is 38.7. The first-order valence-corrected chi connectivity index (χ1v) is 47.7. The predicted octanol–water partition coefficient (Wildman–Crippen LogP) is 29.0. The van der Waals surface area contributed by atoms with Crippen molar-refractivity contribution in [3.05, 3.63) is 314 Å². The fourth-order valence-electron chi connectivity index (χ4n) is 17.2. The van der Waals surface area contributed by atoms with E-state index in [1.807, 2.05) is 158 Å². The number of phenols is 2. The average molecular weight is 1790 g/mol. The highest BCUT2D eigenvalue weighted by Crippen LogP contribution is 2.57. The fourth-order valence-corrected chi connectivity index (χ4v) is 17.2. The smallest absolute Gasteiger partial charge is 0.130 e. The number of anilines is 6. The molecule has 0 aromatic heterocycles. The number of hydrogen-bond donors (Lipinski definition) is 2. The zero-order valence-electron chi connectivity index (χ0n) is 80.3. The normalized spacial score (nSPS) is 14.3. The van der Waals surface area contributed by atoms with Gasteiger partial charge in [-0.1, -0.05) is 293 Å². The van der Waals surface area contributed by atoms with Gasteiger partial charge in [0.2, 0.25) is 0 Å². The standard InChI is InChI=1S/C120H128N2O12/c1-75(2)67-127-105-41-29-42-106(128-68-76(3)4)113(105)87-49-57-99(95(61-87)83-33-21-17-22-34-83)121(100-58-50-88(62-96(100)84-35-23-18-24-36-84)114-107(129-69-77(5)6)43-30-44-108(114)130-70-78(7)8)91-53-55-93(103(123)65-91)117-119(125)118(120(117)126)94-56-54-92(66-104(94)124)122(101-59-51-89(63-97(101)85-37-25-19-26-38-85)115-109(131-71-79(9)10)45-31-46-110(115)132-72-80(11)12)102-60-52-90(64-98(102)86-39-27-20-28-40-86)116-111(133-73-81(13)14)47-32-48-112(116)134-74-82(15)16/h17-66,75-82,117-120,123-124H,67-74H2,1-16H3/q-2. The Balaban J connectivity index is 0.881. The molecule has 2 N–H and O–H groups in total. The van der Waals surface area contributed by atoms with E-state index in [2.05, 4.69) is 242 Å². The van der Waals surface area contributed by atoms with Gasteiger partial charge in [0.05, 0.1) is 97.9 Å². The van der Waals surface area contributed by atoms with E-state index in [1.54, 1.807) is 24.3 Å². The van der Waals surface area contributed by atoms with E-state index in [4.69, 9.17) is 37.9 Å². The Morgan fingerprint density at radius 3 is 0.597 bits per heavy atom. The van der Waals surface area contributed by atoms with Gasteiger partial charge in [0.15, 0.2) is 0 Å². The molecule has 14 aromatic carbocycles. The zero-order valence-corrected chi connectivity index (χ0v) is 80.3. The second-order valence-corrected chi connectivity index (χ2v) is 38.7.